The maximum atomic E-state index is 10.6. The normalized spacial score (nSPS) is 11.5. The van der Waals surface area contributed by atoms with Crippen LogP contribution in [0.1, 0.15) is 6.92 Å². The van der Waals surface area contributed by atoms with Crippen molar-refractivity contribution >= 4 is 5.97 Å². The highest BCUT2D eigenvalue weighted by atomic mass is 16.5. The van der Waals surface area contributed by atoms with E-state index >= 15 is 0 Å². The van der Waals surface area contributed by atoms with Gasteiger partial charge in [-0.25, -0.2) is 9.80 Å². The quantitative estimate of drug-likeness (QED) is 0.360. The van der Waals surface area contributed by atoms with Gasteiger partial charge in [0.25, 0.3) is 0 Å². The number of ether oxygens (including phenoxy) is 1. The third kappa shape index (κ3) is 5.42. The van der Waals surface area contributed by atoms with Gasteiger partial charge in [0.05, 0.1) is 7.11 Å². The van der Waals surface area contributed by atoms with Crippen LogP contribution in [0.15, 0.2) is 11.8 Å². The zero-order chi connectivity index (χ0) is 8.85. The van der Waals surface area contributed by atoms with Crippen molar-refractivity contribution in [3.05, 3.63) is 11.8 Å². The lowest BCUT2D eigenvalue weighted by Gasteiger charge is -2.12. The summed E-state index contributed by atoms with van der Waals surface area (Å²) in [6.07, 6.45) is 1.39. The summed E-state index contributed by atoms with van der Waals surface area (Å²) in [5, 5.41) is 1.74. The minimum atomic E-state index is -0.350. The Labute approximate surface area is 66.8 Å². The van der Waals surface area contributed by atoms with Crippen molar-refractivity contribution in [2.75, 3.05) is 21.2 Å². The van der Waals surface area contributed by atoms with Gasteiger partial charge < -0.3 is 10.2 Å². The molecule has 0 bridgehead atoms. The van der Waals surface area contributed by atoms with Crippen LogP contribution >= 0.6 is 0 Å². The highest BCUT2D eigenvalue weighted by molar-refractivity contribution is 5.82. The Hall–Kier alpha value is -1.03. The van der Waals surface area contributed by atoms with Crippen LogP contribution in [0, 0.1) is 0 Å². The average Bonchev–Trinajstić information content (AvgIpc) is 1.85. The first-order valence-corrected chi connectivity index (χ1v) is 3.26. The van der Waals surface area contributed by atoms with E-state index in [0.29, 0.717) is 0 Å². The molecular weight excluding hydrogens is 144 g/mol. The molecule has 4 nitrogen and oxygen atoms in total. The molecule has 0 unspecified atom stereocenters. The van der Waals surface area contributed by atoms with E-state index in [1.807, 2.05) is 14.1 Å². The SMILES string of the molecule is COC(=O)C=C(C)NN(C)C. The minimum absolute atomic E-state index is 0.350. The fourth-order valence-corrected chi connectivity index (χ4v) is 0.621. The van der Waals surface area contributed by atoms with Gasteiger partial charge in [-0.1, -0.05) is 0 Å². The molecule has 11 heavy (non-hydrogen) atoms. The molecule has 4 heteroatoms. The van der Waals surface area contributed by atoms with Crippen molar-refractivity contribution < 1.29 is 9.53 Å². The maximum absolute atomic E-state index is 10.6. The Balaban J connectivity index is 3.90. The van der Waals surface area contributed by atoms with E-state index < -0.39 is 0 Å². The van der Waals surface area contributed by atoms with Crippen LogP contribution in [0.25, 0.3) is 0 Å². The highest BCUT2D eigenvalue weighted by Gasteiger charge is 1.95. The molecule has 0 radical (unpaired) electrons. The average molecular weight is 158 g/mol. The van der Waals surface area contributed by atoms with Crippen molar-refractivity contribution in [3.8, 4) is 0 Å². The second kappa shape index (κ2) is 4.73. The van der Waals surface area contributed by atoms with Gasteiger partial charge in [0.15, 0.2) is 0 Å². The van der Waals surface area contributed by atoms with Gasteiger partial charge in [-0.05, 0) is 6.92 Å². The molecule has 0 aromatic rings. The number of esters is 1. The predicted molar refractivity (Wildman–Crippen MR) is 42.6 cm³/mol. The number of hydrogen-bond donors (Lipinski definition) is 1. The van der Waals surface area contributed by atoms with Crippen LogP contribution in [-0.4, -0.2) is 32.2 Å². The topological polar surface area (TPSA) is 41.6 Å². The molecule has 0 heterocycles. The number of rotatable bonds is 3. The molecule has 0 aliphatic rings. The van der Waals surface area contributed by atoms with E-state index in [9.17, 15) is 4.79 Å². The predicted octanol–water partition coefficient (Wildman–Crippen LogP) is 0.129. The first-order chi connectivity index (χ1) is 5.06. The number of nitrogens with zero attached hydrogens (tertiary/aromatic N) is 1. The van der Waals surface area contributed by atoms with Gasteiger partial charge in [-0.15, -0.1) is 0 Å². The first-order valence-electron chi connectivity index (χ1n) is 3.26. The van der Waals surface area contributed by atoms with Crippen molar-refractivity contribution in [1.82, 2.24) is 10.4 Å². The molecule has 0 aliphatic heterocycles. The third-order valence-corrected chi connectivity index (χ3v) is 0.936. The number of methoxy groups -OCH3 is 1. The van der Waals surface area contributed by atoms with Crippen molar-refractivity contribution in [2.24, 2.45) is 0 Å². The molecule has 0 aromatic carbocycles. The van der Waals surface area contributed by atoms with E-state index in [0.717, 1.165) is 5.70 Å². The summed E-state index contributed by atoms with van der Waals surface area (Å²) in [4.78, 5) is 10.6. The number of carbonyl (C=O) groups is 1. The summed E-state index contributed by atoms with van der Waals surface area (Å²) >= 11 is 0. The molecule has 0 atom stereocenters. The van der Waals surface area contributed by atoms with Gasteiger partial charge in [0.2, 0.25) is 0 Å². The third-order valence-electron chi connectivity index (χ3n) is 0.936. The summed E-state index contributed by atoms with van der Waals surface area (Å²) in [5.41, 5.74) is 3.65. The summed E-state index contributed by atoms with van der Waals surface area (Å²) in [5.74, 6) is -0.350. The van der Waals surface area contributed by atoms with Crippen molar-refractivity contribution in [3.63, 3.8) is 0 Å². The number of allylic oxidation sites excluding steroid dienone is 1. The number of nitrogens with one attached hydrogen (secondary N) is 1. The lowest BCUT2D eigenvalue weighted by atomic mass is 10.4. The molecule has 0 aliphatic carbocycles. The lowest BCUT2D eigenvalue weighted by Crippen LogP contribution is -2.28. The highest BCUT2D eigenvalue weighted by Crippen LogP contribution is 1.87. The maximum Gasteiger partial charge on any atom is 0.332 e. The minimum Gasteiger partial charge on any atom is -0.466 e. The molecule has 0 spiro atoms. The van der Waals surface area contributed by atoms with Crippen LogP contribution in [0.3, 0.4) is 0 Å². The number of hydrazine groups is 1. The second-order valence-electron chi connectivity index (χ2n) is 2.36. The molecule has 0 fully saturated rings. The molecule has 1 N–H and O–H groups in total. The van der Waals surface area contributed by atoms with Crippen LogP contribution in [0.5, 0.6) is 0 Å². The fourth-order valence-electron chi connectivity index (χ4n) is 0.621. The van der Waals surface area contributed by atoms with Gasteiger partial charge in [-0.2, -0.15) is 0 Å². The molecule has 0 rings (SSSR count). The van der Waals surface area contributed by atoms with E-state index in [1.54, 1.807) is 11.9 Å². The summed E-state index contributed by atoms with van der Waals surface area (Å²) in [6, 6.07) is 0. The Morgan fingerprint density at radius 2 is 2.09 bits per heavy atom. The van der Waals surface area contributed by atoms with Crippen molar-refractivity contribution in [2.45, 2.75) is 6.92 Å². The molecule has 64 valence electrons. The Kier molecular flexibility index (Phi) is 4.29. The fraction of sp³-hybridized carbons (Fsp3) is 0.571. The van der Waals surface area contributed by atoms with Gasteiger partial charge >= 0.3 is 5.97 Å². The van der Waals surface area contributed by atoms with Crippen molar-refractivity contribution in [1.29, 1.82) is 0 Å². The lowest BCUT2D eigenvalue weighted by molar-refractivity contribution is -0.134. The Morgan fingerprint density at radius 1 is 1.55 bits per heavy atom. The largest absolute Gasteiger partial charge is 0.466 e. The van der Waals surface area contributed by atoms with Gasteiger partial charge in [0, 0.05) is 25.9 Å². The van der Waals surface area contributed by atoms with Crippen LogP contribution in [-0.2, 0) is 9.53 Å². The first kappa shape index (κ1) is 9.97. The molecule has 0 saturated carbocycles. The molecular formula is C7H14N2O2. The Bertz CT molecular complexity index is 164. The smallest absolute Gasteiger partial charge is 0.332 e. The van der Waals surface area contributed by atoms with Gasteiger partial charge in [0.1, 0.15) is 0 Å². The number of carbonyl (C=O) groups excluding carboxylic acids is 1. The van der Waals surface area contributed by atoms with Crippen LogP contribution in [0.2, 0.25) is 0 Å². The van der Waals surface area contributed by atoms with E-state index in [2.05, 4.69) is 10.2 Å². The monoisotopic (exact) mass is 158 g/mol. The van der Waals surface area contributed by atoms with Crippen LogP contribution in [0.4, 0.5) is 0 Å². The second-order valence-corrected chi connectivity index (χ2v) is 2.36. The summed E-state index contributed by atoms with van der Waals surface area (Å²) in [6.45, 7) is 1.79. The van der Waals surface area contributed by atoms with E-state index in [4.69, 9.17) is 0 Å². The van der Waals surface area contributed by atoms with Crippen LogP contribution < -0.4 is 5.43 Å². The summed E-state index contributed by atoms with van der Waals surface area (Å²) < 4.78 is 4.43. The molecule has 0 aromatic heterocycles. The molecule has 0 amide bonds. The number of hydrogen-bond acceptors (Lipinski definition) is 4. The zero-order valence-electron chi connectivity index (χ0n) is 7.34. The molecule has 0 saturated heterocycles. The standard InChI is InChI=1S/C7H14N2O2/c1-6(8-9(2)3)5-7(10)11-4/h5,8H,1-4H3. The zero-order valence-corrected chi connectivity index (χ0v) is 7.34. The van der Waals surface area contributed by atoms with E-state index in [1.165, 1.54) is 13.2 Å². The summed E-state index contributed by atoms with van der Waals surface area (Å²) in [7, 11) is 5.03. The van der Waals surface area contributed by atoms with Gasteiger partial charge in [-0.3, -0.25) is 0 Å². The van der Waals surface area contributed by atoms with E-state index in [-0.39, 0.29) is 5.97 Å². The Morgan fingerprint density at radius 3 is 2.45 bits per heavy atom.